The van der Waals surface area contributed by atoms with Gasteiger partial charge in [-0.2, -0.15) is 5.26 Å². The molecule has 12 heavy (non-hydrogen) atoms. The predicted octanol–water partition coefficient (Wildman–Crippen LogP) is 1.99. The lowest BCUT2D eigenvalue weighted by Crippen LogP contribution is -1.99. The molecule has 1 rings (SSSR count). The number of halogens is 1. The Morgan fingerprint density at radius 1 is 1.50 bits per heavy atom. The minimum atomic E-state index is 0.455. The van der Waals surface area contributed by atoms with Crippen LogP contribution in [0.4, 0.5) is 0 Å². The van der Waals surface area contributed by atoms with Crippen LogP contribution < -0.4 is 0 Å². The summed E-state index contributed by atoms with van der Waals surface area (Å²) in [7, 11) is 0. The highest BCUT2D eigenvalue weighted by Crippen LogP contribution is 2.17. The van der Waals surface area contributed by atoms with Gasteiger partial charge in [0.25, 0.3) is 0 Å². The van der Waals surface area contributed by atoms with E-state index in [1.54, 1.807) is 0 Å². The maximum absolute atomic E-state index is 8.79. The summed E-state index contributed by atoms with van der Waals surface area (Å²) in [6, 6.07) is 0. The molecule has 0 aromatic carbocycles. The van der Waals surface area contributed by atoms with Gasteiger partial charge in [-0.1, -0.05) is 25.4 Å². The molecule has 0 aliphatic heterocycles. The van der Waals surface area contributed by atoms with E-state index >= 15 is 0 Å². The average Bonchev–Trinajstić information content (AvgIpc) is 2.40. The van der Waals surface area contributed by atoms with Gasteiger partial charge in [0.1, 0.15) is 5.82 Å². The van der Waals surface area contributed by atoms with Gasteiger partial charge in [0, 0.05) is 6.42 Å². The number of aromatic nitrogens is 2. The van der Waals surface area contributed by atoms with Crippen molar-refractivity contribution < 1.29 is 0 Å². The number of rotatable bonds is 2. The summed E-state index contributed by atoms with van der Waals surface area (Å²) in [5.74, 6) is 0.736. The summed E-state index contributed by atoms with van der Waals surface area (Å²) in [5.41, 5.74) is 0.802. The second-order valence-corrected chi connectivity index (χ2v) is 2.77. The minimum absolute atomic E-state index is 0.455. The lowest BCUT2D eigenvalue weighted by molar-refractivity contribution is 0.859. The molecule has 0 unspecified atom stereocenters. The number of nitrogens with zero attached hydrogens (tertiary/aromatic N) is 3. The van der Waals surface area contributed by atoms with E-state index in [1.165, 1.54) is 4.57 Å². The smallest absolute Gasteiger partial charge is 0.190 e. The highest BCUT2D eigenvalue weighted by atomic mass is 35.5. The van der Waals surface area contributed by atoms with Crippen molar-refractivity contribution in [1.82, 2.24) is 9.55 Å². The Bertz CT molecular complexity index is 322. The second kappa shape index (κ2) is 3.59. The third-order valence-electron chi connectivity index (χ3n) is 1.74. The van der Waals surface area contributed by atoms with E-state index in [2.05, 4.69) is 11.2 Å². The van der Waals surface area contributed by atoms with Gasteiger partial charge in [0.2, 0.25) is 0 Å². The Kier molecular flexibility index (Phi) is 2.72. The van der Waals surface area contributed by atoms with Gasteiger partial charge >= 0.3 is 0 Å². The first kappa shape index (κ1) is 9.08. The second-order valence-electron chi connectivity index (χ2n) is 2.41. The normalized spacial score (nSPS) is 9.83. The molecular weight excluding hydrogens is 174 g/mol. The summed E-state index contributed by atoms with van der Waals surface area (Å²) in [4.78, 5) is 4.08. The molecule has 0 saturated carbocycles. The fourth-order valence-corrected chi connectivity index (χ4v) is 1.45. The van der Waals surface area contributed by atoms with E-state index in [4.69, 9.17) is 16.9 Å². The van der Waals surface area contributed by atoms with Crippen molar-refractivity contribution in [1.29, 1.82) is 5.26 Å². The Morgan fingerprint density at radius 2 is 2.17 bits per heavy atom. The summed E-state index contributed by atoms with van der Waals surface area (Å²) in [5, 5.41) is 9.24. The van der Waals surface area contributed by atoms with Crippen LogP contribution in [0.3, 0.4) is 0 Å². The molecule has 1 heterocycles. The van der Waals surface area contributed by atoms with Crippen molar-refractivity contribution in [3.8, 4) is 6.19 Å². The lowest BCUT2D eigenvalue weighted by Gasteiger charge is -1.96. The topological polar surface area (TPSA) is 41.6 Å². The van der Waals surface area contributed by atoms with Crippen LogP contribution in [0.15, 0.2) is 0 Å². The van der Waals surface area contributed by atoms with Crippen molar-refractivity contribution >= 4 is 11.6 Å². The number of hydrogen-bond acceptors (Lipinski definition) is 2. The molecule has 0 aliphatic carbocycles. The van der Waals surface area contributed by atoms with Crippen LogP contribution in [-0.4, -0.2) is 9.55 Å². The molecule has 3 nitrogen and oxygen atoms in total. The molecular formula is C8H10ClN3. The van der Waals surface area contributed by atoms with Gasteiger partial charge in [0.15, 0.2) is 11.3 Å². The van der Waals surface area contributed by atoms with Crippen LogP contribution in [-0.2, 0) is 12.8 Å². The third kappa shape index (κ3) is 1.30. The Labute approximate surface area is 76.6 Å². The summed E-state index contributed by atoms with van der Waals surface area (Å²) >= 11 is 5.82. The lowest BCUT2D eigenvalue weighted by atomic mass is 10.3. The zero-order valence-corrected chi connectivity index (χ0v) is 7.89. The van der Waals surface area contributed by atoms with Gasteiger partial charge in [-0.15, -0.1) is 0 Å². The highest BCUT2D eigenvalue weighted by molar-refractivity contribution is 6.30. The molecule has 1 aromatic rings. The number of nitriles is 1. The monoisotopic (exact) mass is 183 g/mol. The van der Waals surface area contributed by atoms with Crippen LogP contribution in [0.5, 0.6) is 0 Å². The first-order valence-electron chi connectivity index (χ1n) is 3.90. The van der Waals surface area contributed by atoms with Gasteiger partial charge < -0.3 is 0 Å². The van der Waals surface area contributed by atoms with Gasteiger partial charge in [0.05, 0.1) is 5.69 Å². The summed E-state index contributed by atoms with van der Waals surface area (Å²) < 4.78 is 1.50. The molecule has 64 valence electrons. The molecule has 0 N–H and O–H groups in total. The molecule has 0 saturated heterocycles. The van der Waals surface area contributed by atoms with E-state index < -0.39 is 0 Å². The highest BCUT2D eigenvalue weighted by Gasteiger charge is 2.11. The van der Waals surface area contributed by atoms with Crippen LogP contribution in [0, 0.1) is 11.5 Å². The van der Waals surface area contributed by atoms with E-state index in [9.17, 15) is 0 Å². The van der Waals surface area contributed by atoms with Gasteiger partial charge in [-0.3, -0.25) is 0 Å². The van der Waals surface area contributed by atoms with Crippen LogP contribution in [0.1, 0.15) is 25.4 Å². The van der Waals surface area contributed by atoms with E-state index in [-0.39, 0.29) is 0 Å². The van der Waals surface area contributed by atoms with Gasteiger partial charge in [-0.25, -0.2) is 9.55 Å². The first-order valence-corrected chi connectivity index (χ1v) is 4.28. The molecule has 0 bridgehead atoms. The average molecular weight is 184 g/mol. The zero-order valence-electron chi connectivity index (χ0n) is 7.13. The van der Waals surface area contributed by atoms with Crippen molar-refractivity contribution in [2.45, 2.75) is 26.7 Å². The molecule has 0 aliphatic rings. The Morgan fingerprint density at radius 3 is 2.58 bits per heavy atom. The molecule has 0 amide bonds. The van der Waals surface area contributed by atoms with Crippen molar-refractivity contribution in [3.63, 3.8) is 0 Å². The molecule has 0 spiro atoms. The van der Waals surface area contributed by atoms with Crippen molar-refractivity contribution in [2.75, 3.05) is 0 Å². The fraction of sp³-hybridized carbons (Fsp3) is 0.500. The maximum Gasteiger partial charge on any atom is 0.190 e. The largest absolute Gasteiger partial charge is 0.235 e. The summed E-state index contributed by atoms with van der Waals surface area (Å²) in [6.07, 6.45) is 3.52. The van der Waals surface area contributed by atoms with E-state index in [1.807, 2.05) is 13.8 Å². The van der Waals surface area contributed by atoms with Gasteiger partial charge in [-0.05, 0) is 6.42 Å². The van der Waals surface area contributed by atoms with E-state index in [0.717, 1.165) is 24.4 Å². The van der Waals surface area contributed by atoms with Crippen LogP contribution in [0.2, 0.25) is 5.15 Å². The molecule has 1 aromatic heterocycles. The predicted molar refractivity (Wildman–Crippen MR) is 47.0 cm³/mol. The third-order valence-corrected chi connectivity index (χ3v) is 2.05. The molecule has 0 atom stereocenters. The zero-order chi connectivity index (χ0) is 9.14. The minimum Gasteiger partial charge on any atom is -0.235 e. The quantitative estimate of drug-likeness (QED) is 0.704. The van der Waals surface area contributed by atoms with Crippen molar-refractivity contribution in [3.05, 3.63) is 16.7 Å². The number of imidazole rings is 1. The molecule has 4 heteroatoms. The van der Waals surface area contributed by atoms with Crippen molar-refractivity contribution in [2.24, 2.45) is 0 Å². The molecule has 0 fully saturated rings. The Hall–Kier alpha value is -1.01. The first-order chi connectivity index (χ1) is 5.74. The Balaban J connectivity index is 3.28. The fourth-order valence-electron chi connectivity index (χ4n) is 1.14. The summed E-state index contributed by atoms with van der Waals surface area (Å²) in [6.45, 7) is 3.90. The molecule has 0 radical (unpaired) electrons. The van der Waals surface area contributed by atoms with Crippen LogP contribution >= 0.6 is 11.6 Å². The number of aryl methyl sites for hydroxylation is 1. The SMILES string of the molecule is CCc1nc(Cl)c(CC)n1C#N. The van der Waals surface area contributed by atoms with Crippen LogP contribution in [0.25, 0.3) is 0 Å². The standard InChI is InChI=1S/C8H10ClN3/c1-3-6-8(9)11-7(4-2)12(6)5-10/h3-4H2,1-2H3. The maximum atomic E-state index is 8.79. The number of hydrogen-bond donors (Lipinski definition) is 0. The van der Waals surface area contributed by atoms with E-state index in [0.29, 0.717) is 5.15 Å².